The molecule has 0 radical (unpaired) electrons. The Kier molecular flexibility index (Phi) is 4.56. The van der Waals surface area contributed by atoms with E-state index < -0.39 is 11.7 Å². The Morgan fingerprint density at radius 1 is 1.24 bits per heavy atom. The van der Waals surface area contributed by atoms with Crippen molar-refractivity contribution in [2.45, 2.75) is 65.1 Å². The summed E-state index contributed by atoms with van der Waals surface area (Å²) in [6.45, 7) is 8.19. The van der Waals surface area contributed by atoms with E-state index in [1.807, 2.05) is 6.08 Å². The zero-order valence-electron chi connectivity index (χ0n) is 11.5. The minimum atomic E-state index is -1.02. The summed E-state index contributed by atoms with van der Waals surface area (Å²) in [5.74, 6) is 0. The van der Waals surface area contributed by atoms with Gasteiger partial charge in [-0.25, -0.2) is 0 Å². The Hall–Kier alpha value is -0.600. The van der Waals surface area contributed by atoms with Gasteiger partial charge in [-0.3, -0.25) is 0 Å². The lowest BCUT2D eigenvalue weighted by Crippen LogP contribution is -2.38. The summed E-state index contributed by atoms with van der Waals surface area (Å²) in [7, 11) is 0. The van der Waals surface area contributed by atoms with Crippen LogP contribution in [0.4, 0.5) is 0 Å². The normalized spacial score (nSPS) is 39.9. The van der Waals surface area contributed by atoms with E-state index in [1.165, 1.54) is 5.57 Å². The fraction of sp³-hybridized carbons (Fsp3) is 0.733. The molecule has 0 aromatic rings. The minimum absolute atomic E-state index is 0.118. The fourth-order valence-corrected chi connectivity index (χ4v) is 2.04. The van der Waals surface area contributed by atoms with Crippen molar-refractivity contribution in [3.05, 3.63) is 23.8 Å². The molecular weight excluding hydrogens is 212 g/mol. The summed E-state index contributed by atoms with van der Waals surface area (Å²) in [4.78, 5) is 0. The van der Waals surface area contributed by atoms with Gasteiger partial charge in [-0.1, -0.05) is 37.6 Å². The van der Waals surface area contributed by atoms with E-state index in [4.69, 9.17) is 0 Å². The smallest absolute Gasteiger partial charge is 0.0911 e. The van der Waals surface area contributed by atoms with Crippen LogP contribution in [-0.2, 0) is 0 Å². The lowest BCUT2D eigenvalue weighted by Gasteiger charge is -2.28. The molecule has 0 unspecified atom stereocenters. The Balaban J connectivity index is 2.89. The molecule has 0 aromatic carbocycles. The lowest BCUT2D eigenvalue weighted by molar-refractivity contribution is -0.0622. The molecule has 2 N–H and O–H groups in total. The number of allylic oxidation sites excluding steroid dienone is 3. The molecule has 0 fully saturated rings. The van der Waals surface area contributed by atoms with E-state index in [0.717, 1.165) is 12.8 Å². The van der Waals surface area contributed by atoms with Gasteiger partial charge >= 0.3 is 0 Å². The van der Waals surface area contributed by atoms with Crippen LogP contribution in [0.25, 0.3) is 0 Å². The number of aliphatic hydroxyl groups is 2. The molecule has 0 spiro atoms. The van der Waals surface area contributed by atoms with Gasteiger partial charge in [0.15, 0.2) is 0 Å². The highest BCUT2D eigenvalue weighted by atomic mass is 16.3. The van der Waals surface area contributed by atoms with E-state index in [1.54, 1.807) is 6.92 Å². The molecule has 0 amide bonds. The predicted molar refractivity (Wildman–Crippen MR) is 71.8 cm³/mol. The standard InChI is InChI=1S/C15H26O2/c1-12-6-7-13(16)15(4,17)10-5-9-14(2,3)11-8-12/h5,8-9,13,16-17H,6-7,10-11H2,1-4H3/b9-5+,12-8+/t13-,15+/m1/s1. The quantitative estimate of drug-likeness (QED) is 0.636. The molecule has 2 heteroatoms. The first-order valence-corrected chi connectivity index (χ1v) is 6.47. The van der Waals surface area contributed by atoms with Crippen LogP contribution >= 0.6 is 0 Å². The van der Waals surface area contributed by atoms with Crippen LogP contribution in [0.2, 0.25) is 0 Å². The van der Waals surface area contributed by atoms with Crippen molar-refractivity contribution in [3.8, 4) is 0 Å². The zero-order valence-corrected chi connectivity index (χ0v) is 11.5. The number of hydrogen-bond donors (Lipinski definition) is 2. The van der Waals surface area contributed by atoms with Crippen molar-refractivity contribution in [2.24, 2.45) is 5.41 Å². The molecule has 1 rings (SSSR count). The average Bonchev–Trinajstić information content (AvgIpc) is 2.22. The maximum absolute atomic E-state index is 10.2. The van der Waals surface area contributed by atoms with Crippen molar-refractivity contribution in [2.75, 3.05) is 0 Å². The summed E-state index contributed by atoms with van der Waals surface area (Å²) in [5, 5.41) is 20.2. The van der Waals surface area contributed by atoms with Crippen molar-refractivity contribution >= 4 is 0 Å². The number of rotatable bonds is 0. The fourth-order valence-electron chi connectivity index (χ4n) is 2.04. The van der Waals surface area contributed by atoms with Crippen LogP contribution in [0.15, 0.2) is 23.8 Å². The molecular formula is C15H26O2. The summed E-state index contributed by atoms with van der Waals surface area (Å²) < 4.78 is 0. The Morgan fingerprint density at radius 3 is 2.53 bits per heavy atom. The summed E-state index contributed by atoms with van der Waals surface area (Å²) in [5.41, 5.74) is 0.396. The van der Waals surface area contributed by atoms with E-state index >= 15 is 0 Å². The highest BCUT2D eigenvalue weighted by Gasteiger charge is 2.29. The summed E-state index contributed by atoms with van der Waals surface area (Å²) >= 11 is 0. The first kappa shape index (κ1) is 14.5. The van der Waals surface area contributed by atoms with Gasteiger partial charge in [0.2, 0.25) is 0 Å². The Bertz CT molecular complexity index is 311. The molecule has 1 aliphatic carbocycles. The number of aliphatic hydroxyl groups excluding tert-OH is 1. The third kappa shape index (κ3) is 4.64. The maximum Gasteiger partial charge on any atom is 0.0911 e. The van der Waals surface area contributed by atoms with Crippen molar-refractivity contribution < 1.29 is 10.2 Å². The van der Waals surface area contributed by atoms with Gasteiger partial charge in [0.1, 0.15) is 0 Å². The predicted octanol–water partition coefficient (Wildman–Crippen LogP) is 3.20. The summed E-state index contributed by atoms with van der Waals surface area (Å²) in [6, 6.07) is 0. The molecule has 2 atom stereocenters. The van der Waals surface area contributed by atoms with Gasteiger partial charge in [-0.15, -0.1) is 0 Å². The second-order valence-electron chi connectivity index (χ2n) is 6.26. The van der Waals surface area contributed by atoms with E-state index in [9.17, 15) is 10.2 Å². The van der Waals surface area contributed by atoms with Gasteiger partial charge in [-0.05, 0) is 44.9 Å². The van der Waals surface area contributed by atoms with Crippen LogP contribution in [0.5, 0.6) is 0 Å². The molecule has 0 saturated heterocycles. The zero-order chi connectivity index (χ0) is 13.1. The van der Waals surface area contributed by atoms with Crippen molar-refractivity contribution in [1.82, 2.24) is 0 Å². The van der Waals surface area contributed by atoms with Crippen molar-refractivity contribution in [1.29, 1.82) is 0 Å². The molecule has 98 valence electrons. The van der Waals surface area contributed by atoms with Crippen LogP contribution in [0, 0.1) is 5.41 Å². The highest BCUT2D eigenvalue weighted by Crippen LogP contribution is 2.28. The SMILES string of the molecule is C/C1=C\CC(C)(C)/C=C/C[C@](C)(O)[C@H](O)CC1. The van der Waals surface area contributed by atoms with Crippen molar-refractivity contribution in [3.63, 3.8) is 0 Å². The number of hydrogen-bond acceptors (Lipinski definition) is 2. The highest BCUT2D eigenvalue weighted by molar-refractivity contribution is 5.07. The monoisotopic (exact) mass is 238 g/mol. The van der Waals surface area contributed by atoms with Crippen LogP contribution in [0.3, 0.4) is 0 Å². The minimum Gasteiger partial charge on any atom is -0.390 e. The molecule has 0 saturated carbocycles. The van der Waals surface area contributed by atoms with Gasteiger partial charge in [0.05, 0.1) is 11.7 Å². The molecule has 0 aliphatic heterocycles. The molecule has 1 aliphatic rings. The lowest BCUT2D eigenvalue weighted by atomic mass is 9.87. The van der Waals surface area contributed by atoms with E-state index in [2.05, 4.69) is 32.9 Å². The first-order valence-electron chi connectivity index (χ1n) is 6.47. The molecule has 0 heterocycles. The topological polar surface area (TPSA) is 40.5 Å². The van der Waals surface area contributed by atoms with Gasteiger partial charge in [-0.2, -0.15) is 0 Å². The van der Waals surface area contributed by atoms with Crippen LogP contribution < -0.4 is 0 Å². The van der Waals surface area contributed by atoms with E-state index in [-0.39, 0.29) is 5.41 Å². The molecule has 2 nitrogen and oxygen atoms in total. The second-order valence-corrected chi connectivity index (χ2v) is 6.26. The third-order valence-electron chi connectivity index (χ3n) is 3.61. The van der Waals surface area contributed by atoms with Gasteiger partial charge < -0.3 is 10.2 Å². The first-order chi connectivity index (χ1) is 7.73. The second kappa shape index (κ2) is 5.36. The molecule has 0 bridgehead atoms. The summed E-state index contributed by atoms with van der Waals surface area (Å²) in [6.07, 6.45) is 8.73. The Labute approximate surface area is 105 Å². The largest absolute Gasteiger partial charge is 0.390 e. The average molecular weight is 238 g/mol. The Morgan fingerprint density at radius 2 is 1.88 bits per heavy atom. The van der Waals surface area contributed by atoms with Gasteiger partial charge in [0, 0.05) is 0 Å². The van der Waals surface area contributed by atoms with E-state index in [0.29, 0.717) is 12.8 Å². The van der Waals surface area contributed by atoms with Crippen LogP contribution in [0.1, 0.15) is 53.4 Å². The van der Waals surface area contributed by atoms with Gasteiger partial charge in [0.25, 0.3) is 0 Å². The maximum atomic E-state index is 10.2. The molecule has 17 heavy (non-hydrogen) atoms. The molecule has 0 aromatic heterocycles. The third-order valence-corrected chi connectivity index (χ3v) is 3.61. The van der Waals surface area contributed by atoms with Crippen LogP contribution in [-0.4, -0.2) is 21.9 Å².